The summed E-state index contributed by atoms with van der Waals surface area (Å²) in [6.45, 7) is 5.76. The summed E-state index contributed by atoms with van der Waals surface area (Å²) < 4.78 is 10.5. The smallest absolute Gasteiger partial charge is 0.179 e. The zero-order valence-corrected chi connectivity index (χ0v) is 11.8. The van der Waals surface area contributed by atoms with E-state index in [-0.39, 0.29) is 18.0 Å². The molecule has 0 N–H and O–H groups in total. The largest absolute Gasteiger partial charge is 0.488 e. The minimum Gasteiger partial charge on any atom is -0.488 e. The van der Waals surface area contributed by atoms with Gasteiger partial charge in [0.1, 0.15) is 23.9 Å². The first-order chi connectivity index (χ1) is 8.87. The fraction of sp³-hybridized carbons (Fsp3) is 0.467. The summed E-state index contributed by atoms with van der Waals surface area (Å²) in [6, 6.07) is 9.07. The highest BCUT2D eigenvalue weighted by atomic mass is 16.5. The van der Waals surface area contributed by atoms with Gasteiger partial charge >= 0.3 is 0 Å². The summed E-state index contributed by atoms with van der Waals surface area (Å²) in [4.78, 5) is 11.8. The van der Waals surface area contributed by atoms with Gasteiger partial charge in [-0.3, -0.25) is 4.79 Å². The van der Waals surface area contributed by atoms with Gasteiger partial charge in [0.2, 0.25) is 0 Å². The molecule has 0 fully saturated rings. The maximum atomic E-state index is 11.8. The maximum absolute atomic E-state index is 11.8. The van der Waals surface area contributed by atoms with E-state index in [1.807, 2.05) is 32.9 Å². The molecule has 0 aromatic heterocycles. The maximum Gasteiger partial charge on any atom is 0.179 e. The van der Waals surface area contributed by atoms with Crippen LogP contribution in [0.1, 0.15) is 32.3 Å². The number of nitrogens with zero attached hydrogens (tertiary/aromatic N) is 1. The quantitative estimate of drug-likeness (QED) is 0.817. The van der Waals surface area contributed by atoms with Gasteiger partial charge in [-0.2, -0.15) is 5.26 Å². The highest BCUT2D eigenvalue weighted by Gasteiger charge is 2.21. The number of hydrogen-bond donors (Lipinski definition) is 0. The Morgan fingerprint density at radius 1 is 1.42 bits per heavy atom. The molecule has 102 valence electrons. The first-order valence-electron chi connectivity index (χ1n) is 6.07. The lowest BCUT2D eigenvalue weighted by molar-refractivity contribution is -0.122. The number of Topliss-reactive ketones (excluding diaryl/α,β-unsaturated/α-hetero) is 1. The molecule has 1 atom stereocenters. The van der Waals surface area contributed by atoms with Gasteiger partial charge in [-0.1, -0.05) is 12.1 Å². The third-order valence-electron chi connectivity index (χ3n) is 2.35. The minimum atomic E-state index is -0.816. The number of ketones is 1. The van der Waals surface area contributed by atoms with Gasteiger partial charge in [0.05, 0.1) is 6.07 Å². The Balaban J connectivity index is 2.97. The van der Waals surface area contributed by atoms with E-state index >= 15 is 0 Å². The number of rotatable bonds is 5. The molecule has 1 unspecified atom stereocenters. The van der Waals surface area contributed by atoms with Crippen molar-refractivity contribution in [1.29, 1.82) is 5.26 Å². The Morgan fingerprint density at radius 3 is 2.63 bits per heavy atom. The van der Waals surface area contributed by atoms with E-state index < -0.39 is 5.92 Å². The lowest BCUT2D eigenvalue weighted by Crippen LogP contribution is -2.23. The molecule has 0 saturated carbocycles. The van der Waals surface area contributed by atoms with Crippen LogP contribution >= 0.6 is 0 Å². The topological polar surface area (TPSA) is 59.3 Å². The molecule has 4 heteroatoms. The van der Waals surface area contributed by atoms with Crippen LogP contribution in [0.25, 0.3) is 0 Å². The van der Waals surface area contributed by atoms with Crippen LogP contribution in [0.5, 0.6) is 5.75 Å². The summed E-state index contributed by atoms with van der Waals surface area (Å²) in [7, 11) is 1.44. The lowest BCUT2D eigenvalue weighted by Gasteiger charge is -2.22. The predicted octanol–water partition coefficient (Wildman–Crippen LogP) is 2.69. The molecular weight excluding hydrogens is 242 g/mol. The van der Waals surface area contributed by atoms with E-state index in [4.69, 9.17) is 14.7 Å². The molecule has 1 aromatic rings. The lowest BCUT2D eigenvalue weighted by atomic mass is 9.96. The third kappa shape index (κ3) is 4.72. The predicted molar refractivity (Wildman–Crippen MR) is 72.1 cm³/mol. The average molecular weight is 261 g/mol. The summed E-state index contributed by atoms with van der Waals surface area (Å²) in [5.74, 6) is -0.420. The number of methoxy groups -OCH3 is 1. The van der Waals surface area contributed by atoms with Gasteiger partial charge in [0, 0.05) is 7.11 Å². The van der Waals surface area contributed by atoms with Gasteiger partial charge in [-0.05, 0) is 38.5 Å². The highest BCUT2D eigenvalue weighted by molar-refractivity contribution is 5.89. The zero-order valence-electron chi connectivity index (χ0n) is 11.8. The van der Waals surface area contributed by atoms with Crippen molar-refractivity contribution in [3.05, 3.63) is 29.8 Å². The molecule has 1 rings (SSSR count). The van der Waals surface area contributed by atoms with Crippen molar-refractivity contribution < 1.29 is 14.3 Å². The molecular formula is C15H19NO3. The van der Waals surface area contributed by atoms with Gasteiger partial charge in [0.15, 0.2) is 5.78 Å². The minimum absolute atomic E-state index is 0.0669. The summed E-state index contributed by atoms with van der Waals surface area (Å²) in [5, 5.41) is 9.13. The Kier molecular flexibility index (Phi) is 5.08. The second-order valence-electron chi connectivity index (χ2n) is 5.25. The molecule has 19 heavy (non-hydrogen) atoms. The van der Waals surface area contributed by atoms with Crippen LogP contribution in [0.3, 0.4) is 0 Å². The first-order valence-corrected chi connectivity index (χ1v) is 6.07. The SMILES string of the molecule is COCC(=O)C(C#N)c1cccc(OC(C)(C)C)c1. The second-order valence-corrected chi connectivity index (χ2v) is 5.25. The van der Waals surface area contributed by atoms with Gasteiger partial charge < -0.3 is 9.47 Å². The molecule has 0 aliphatic heterocycles. The molecule has 0 radical (unpaired) electrons. The number of hydrogen-bond acceptors (Lipinski definition) is 4. The van der Waals surface area contributed by atoms with Crippen molar-refractivity contribution in [3.8, 4) is 11.8 Å². The molecule has 0 saturated heterocycles. The van der Waals surface area contributed by atoms with E-state index in [9.17, 15) is 4.79 Å². The molecule has 0 aliphatic rings. The highest BCUT2D eigenvalue weighted by Crippen LogP contribution is 2.24. The molecule has 0 heterocycles. The molecule has 0 spiro atoms. The average Bonchev–Trinajstić information content (AvgIpc) is 2.28. The second kappa shape index (κ2) is 6.35. The fourth-order valence-electron chi connectivity index (χ4n) is 1.67. The van der Waals surface area contributed by atoms with Crippen LogP contribution in [0.2, 0.25) is 0 Å². The normalized spacial score (nSPS) is 12.6. The van der Waals surface area contributed by atoms with Crippen molar-refractivity contribution in [2.45, 2.75) is 32.3 Å². The molecule has 0 bridgehead atoms. The Hall–Kier alpha value is -1.86. The number of benzene rings is 1. The summed E-state index contributed by atoms with van der Waals surface area (Å²) in [6.07, 6.45) is 0. The van der Waals surface area contributed by atoms with Gasteiger partial charge in [-0.25, -0.2) is 0 Å². The fourth-order valence-corrected chi connectivity index (χ4v) is 1.67. The Bertz CT molecular complexity index is 483. The summed E-state index contributed by atoms with van der Waals surface area (Å²) in [5.41, 5.74) is 0.309. The number of carbonyl (C=O) groups excluding carboxylic acids is 1. The van der Waals surface area contributed by atoms with Crippen molar-refractivity contribution in [3.63, 3.8) is 0 Å². The molecule has 0 amide bonds. The van der Waals surface area contributed by atoms with E-state index in [1.54, 1.807) is 18.2 Å². The van der Waals surface area contributed by atoms with Crippen molar-refractivity contribution >= 4 is 5.78 Å². The standard InChI is InChI=1S/C15H19NO3/c1-15(2,3)19-12-7-5-6-11(8-12)13(9-16)14(17)10-18-4/h5-8,13H,10H2,1-4H3. The van der Waals surface area contributed by atoms with E-state index in [0.717, 1.165) is 0 Å². The van der Waals surface area contributed by atoms with Gasteiger partial charge in [-0.15, -0.1) is 0 Å². The van der Waals surface area contributed by atoms with Crippen LogP contribution in [-0.2, 0) is 9.53 Å². The Labute approximate surface area is 113 Å². The van der Waals surface area contributed by atoms with Crippen molar-refractivity contribution in [2.75, 3.05) is 13.7 Å². The third-order valence-corrected chi connectivity index (χ3v) is 2.35. The zero-order chi connectivity index (χ0) is 14.5. The van der Waals surface area contributed by atoms with Crippen molar-refractivity contribution in [2.24, 2.45) is 0 Å². The molecule has 4 nitrogen and oxygen atoms in total. The number of ether oxygens (including phenoxy) is 2. The van der Waals surface area contributed by atoms with E-state index in [2.05, 4.69) is 0 Å². The Morgan fingerprint density at radius 2 is 2.11 bits per heavy atom. The van der Waals surface area contributed by atoms with Gasteiger partial charge in [0.25, 0.3) is 0 Å². The van der Waals surface area contributed by atoms with E-state index in [0.29, 0.717) is 11.3 Å². The van der Waals surface area contributed by atoms with Crippen LogP contribution in [0, 0.1) is 11.3 Å². The molecule has 0 aliphatic carbocycles. The number of nitriles is 1. The monoisotopic (exact) mass is 261 g/mol. The van der Waals surface area contributed by atoms with Crippen LogP contribution in [-0.4, -0.2) is 25.1 Å². The first kappa shape index (κ1) is 15.2. The number of carbonyl (C=O) groups is 1. The molecule has 1 aromatic carbocycles. The van der Waals surface area contributed by atoms with Crippen molar-refractivity contribution in [1.82, 2.24) is 0 Å². The van der Waals surface area contributed by atoms with Crippen LogP contribution in [0.4, 0.5) is 0 Å². The summed E-state index contributed by atoms with van der Waals surface area (Å²) >= 11 is 0. The van der Waals surface area contributed by atoms with Crippen LogP contribution in [0.15, 0.2) is 24.3 Å². The van der Waals surface area contributed by atoms with Crippen LogP contribution < -0.4 is 4.74 Å². The van der Waals surface area contributed by atoms with E-state index in [1.165, 1.54) is 7.11 Å².